The molecule has 3 heterocycles. The number of fused-ring (bicyclic) bond motifs is 1. The summed E-state index contributed by atoms with van der Waals surface area (Å²) in [6.07, 6.45) is 7.51. The van der Waals surface area contributed by atoms with Crippen molar-refractivity contribution in [2.75, 3.05) is 26.2 Å². The van der Waals surface area contributed by atoms with Gasteiger partial charge in [-0.3, -0.25) is 4.79 Å². The predicted octanol–water partition coefficient (Wildman–Crippen LogP) is 1.21. The minimum atomic E-state index is -0.00365. The first-order valence-corrected chi connectivity index (χ1v) is 8.03. The Morgan fingerprint density at radius 2 is 1.89 bits per heavy atom. The fourth-order valence-electron chi connectivity index (χ4n) is 4.01. The zero-order chi connectivity index (χ0) is 13.2. The zero-order valence-electron chi connectivity index (χ0n) is 12.1. The van der Waals surface area contributed by atoms with E-state index in [2.05, 4.69) is 10.2 Å². The molecule has 0 aromatic carbocycles. The van der Waals surface area contributed by atoms with Gasteiger partial charge < -0.3 is 15.1 Å². The van der Waals surface area contributed by atoms with Crippen LogP contribution >= 0.6 is 0 Å². The minimum absolute atomic E-state index is 0.00365. The lowest BCUT2D eigenvalue weighted by Gasteiger charge is -2.36. The normalized spacial score (nSPS) is 33.4. The van der Waals surface area contributed by atoms with Crippen LogP contribution in [-0.4, -0.2) is 60.0 Å². The SMILES string of the molecule is CC(NC1CCN2CCCC2C1)C(=O)N1CCCC1. The van der Waals surface area contributed by atoms with Gasteiger partial charge in [0.1, 0.15) is 0 Å². The van der Waals surface area contributed by atoms with Crippen molar-refractivity contribution < 1.29 is 4.79 Å². The number of likely N-dealkylation sites (tertiary alicyclic amines) is 1. The molecule has 19 heavy (non-hydrogen) atoms. The number of hydrogen-bond acceptors (Lipinski definition) is 3. The van der Waals surface area contributed by atoms with Crippen LogP contribution in [0.1, 0.15) is 45.4 Å². The van der Waals surface area contributed by atoms with Crippen molar-refractivity contribution in [3.63, 3.8) is 0 Å². The summed E-state index contributed by atoms with van der Waals surface area (Å²) in [7, 11) is 0. The van der Waals surface area contributed by atoms with E-state index in [1.165, 1.54) is 51.6 Å². The summed E-state index contributed by atoms with van der Waals surface area (Å²) in [5.41, 5.74) is 0. The first kappa shape index (κ1) is 13.4. The van der Waals surface area contributed by atoms with Gasteiger partial charge in [-0.05, 0) is 58.5 Å². The number of carbonyl (C=O) groups excluding carboxylic acids is 1. The van der Waals surface area contributed by atoms with Gasteiger partial charge in [0.05, 0.1) is 6.04 Å². The van der Waals surface area contributed by atoms with Crippen molar-refractivity contribution in [2.24, 2.45) is 0 Å². The van der Waals surface area contributed by atoms with Gasteiger partial charge in [0.2, 0.25) is 5.91 Å². The smallest absolute Gasteiger partial charge is 0.239 e. The van der Waals surface area contributed by atoms with Crippen molar-refractivity contribution in [2.45, 2.75) is 63.6 Å². The Balaban J connectivity index is 1.49. The summed E-state index contributed by atoms with van der Waals surface area (Å²) in [5.74, 6) is 0.311. The highest BCUT2D eigenvalue weighted by Crippen LogP contribution is 2.27. The molecular formula is C15H27N3O. The van der Waals surface area contributed by atoms with Crippen LogP contribution in [0.2, 0.25) is 0 Å². The van der Waals surface area contributed by atoms with Crippen LogP contribution in [0.25, 0.3) is 0 Å². The van der Waals surface area contributed by atoms with Crippen molar-refractivity contribution in [1.29, 1.82) is 0 Å². The van der Waals surface area contributed by atoms with Crippen molar-refractivity contribution >= 4 is 5.91 Å². The van der Waals surface area contributed by atoms with Crippen LogP contribution in [0, 0.1) is 0 Å². The molecule has 0 saturated carbocycles. The maximum absolute atomic E-state index is 12.3. The highest BCUT2D eigenvalue weighted by molar-refractivity contribution is 5.81. The van der Waals surface area contributed by atoms with Crippen LogP contribution in [0.15, 0.2) is 0 Å². The molecule has 0 bridgehead atoms. The average molecular weight is 265 g/mol. The van der Waals surface area contributed by atoms with E-state index >= 15 is 0 Å². The average Bonchev–Trinajstić information content (AvgIpc) is 3.08. The number of rotatable bonds is 3. The Kier molecular flexibility index (Phi) is 4.08. The van der Waals surface area contributed by atoms with E-state index in [0.29, 0.717) is 11.9 Å². The quantitative estimate of drug-likeness (QED) is 0.833. The second-order valence-electron chi connectivity index (χ2n) is 6.47. The Hall–Kier alpha value is -0.610. The molecule has 3 unspecified atom stereocenters. The molecule has 0 spiro atoms. The molecule has 0 aromatic heterocycles. The van der Waals surface area contributed by atoms with Gasteiger partial charge in [-0.15, -0.1) is 0 Å². The lowest BCUT2D eigenvalue weighted by atomic mass is 9.97. The minimum Gasteiger partial charge on any atom is -0.341 e. The summed E-state index contributed by atoms with van der Waals surface area (Å²) >= 11 is 0. The largest absolute Gasteiger partial charge is 0.341 e. The van der Waals surface area contributed by atoms with E-state index in [1.54, 1.807) is 0 Å². The molecule has 0 aliphatic carbocycles. The molecule has 108 valence electrons. The lowest BCUT2D eigenvalue weighted by Crippen LogP contribution is -2.52. The topological polar surface area (TPSA) is 35.6 Å². The Labute approximate surface area is 116 Å². The third-order valence-corrected chi connectivity index (χ3v) is 5.09. The molecule has 3 rings (SSSR count). The van der Waals surface area contributed by atoms with Crippen LogP contribution < -0.4 is 5.32 Å². The number of nitrogens with one attached hydrogen (secondary N) is 1. The standard InChI is InChI=1S/C15H27N3O/c1-12(15(19)18-7-2-3-8-18)16-13-6-10-17-9-4-5-14(17)11-13/h12-14,16H,2-11H2,1H3. The second kappa shape index (κ2) is 5.80. The molecule has 3 atom stereocenters. The maximum Gasteiger partial charge on any atom is 0.239 e. The maximum atomic E-state index is 12.3. The number of nitrogens with zero attached hydrogens (tertiary/aromatic N) is 2. The summed E-state index contributed by atoms with van der Waals surface area (Å²) in [6, 6.07) is 1.32. The van der Waals surface area contributed by atoms with Crippen molar-refractivity contribution in [3.05, 3.63) is 0 Å². The molecule has 0 aromatic rings. The predicted molar refractivity (Wildman–Crippen MR) is 76.0 cm³/mol. The van der Waals surface area contributed by atoms with Gasteiger partial charge in [-0.25, -0.2) is 0 Å². The molecule has 0 radical (unpaired) electrons. The number of carbonyl (C=O) groups is 1. The van der Waals surface area contributed by atoms with Gasteiger partial charge in [0, 0.05) is 25.2 Å². The summed E-state index contributed by atoms with van der Waals surface area (Å²) < 4.78 is 0. The van der Waals surface area contributed by atoms with E-state index in [1.807, 2.05) is 11.8 Å². The van der Waals surface area contributed by atoms with E-state index in [4.69, 9.17) is 0 Å². The third kappa shape index (κ3) is 2.95. The van der Waals surface area contributed by atoms with Gasteiger partial charge in [0.15, 0.2) is 0 Å². The molecule has 1 amide bonds. The van der Waals surface area contributed by atoms with Crippen LogP contribution in [-0.2, 0) is 4.79 Å². The summed E-state index contributed by atoms with van der Waals surface area (Å²) in [6.45, 7) is 6.48. The van der Waals surface area contributed by atoms with Crippen LogP contribution in [0.5, 0.6) is 0 Å². The summed E-state index contributed by atoms with van der Waals surface area (Å²) in [4.78, 5) is 17.0. The van der Waals surface area contributed by atoms with E-state index in [9.17, 15) is 4.79 Å². The number of piperidine rings is 1. The number of amides is 1. The van der Waals surface area contributed by atoms with E-state index in [0.717, 1.165) is 19.1 Å². The molecular weight excluding hydrogens is 238 g/mol. The van der Waals surface area contributed by atoms with E-state index in [-0.39, 0.29) is 6.04 Å². The fraction of sp³-hybridized carbons (Fsp3) is 0.933. The Morgan fingerprint density at radius 1 is 1.11 bits per heavy atom. The first-order valence-electron chi connectivity index (χ1n) is 8.03. The van der Waals surface area contributed by atoms with Gasteiger partial charge >= 0.3 is 0 Å². The van der Waals surface area contributed by atoms with Gasteiger partial charge in [-0.2, -0.15) is 0 Å². The molecule has 4 nitrogen and oxygen atoms in total. The second-order valence-corrected chi connectivity index (χ2v) is 6.47. The van der Waals surface area contributed by atoms with Crippen molar-refractivity contribution in [3.8, 4) is 0 Å². The Morgan fingerprint density at radius 3 is 2.68 bits per heavy atom. The lowest BCUT2D eigenvalue weighted by molar-refractivity contribution is -0.132. The molecule has 3 saturated heterocycles. The third-order valence-electron chi connectivity index (χ3n) is 5.09. The highest BCUT2D eigenvalue weighted by atomic mass is 16.2. The molecule has 4 heteroatoms. The van der Waals surface area contributed by atoms with Crippen LogP contribution in [0.3, 0.4) is 0 Å². The molecule has 3 aliphatic rings. The van der Waals surface area contributed by atoms with Crippen molar-refractivity contribution in [1.82, 2.24) is 15.1 Å². The van der Waals surface area contributed by atoms with Gasteiger partial charge in [0.25, 0.3) is 0 Å². The molecule has 1 N–H and O–H groups in total. The number of hydrogen-bond donors (Lipinski definition) is 1. The summed E-state index contributed by atoms with van der Waals surface area (Å²) in [5, 5.41) is 3.59. The monoisotopic (exact) mass is 265 g/mol. The molecule has 3 aliphatic heterocycles. The fourth-order valence-corrected chi connectivity index (χ4v) is 4.01. The Bertz CT molecular complexity index is 327. The van der Waals surface area contributed by atoms with Crippen LogP contribution in [0.4, 0.5) is 0 Å². The highest BCUT2D eigenvalue weighted by Gasteiger charge is 2.33. The van der Waals surface area contributed by atoms with E-state index < -0.39 is 0 Å². The zero-order valence-corrected chi connectivity index (χ0v) is 12.1. The van der Waals surface area contributed by atoms with Gasteiger partial charge in [-0.1, -0.05) is 0 Å². The molecule has 3 fully saturated rings. The first-order chi connectivity index (χ1) is 9.24.